The molecule has 2 aromatic rings. The van der Waals surface area contributed by atoms with E-state index in [4.69, 9.17) is 13.9 Å². The molecule has 0 unspecified atom stereocenters. The smallest absolute Gasteiger partial charge is 0.231 e. The SMILES string of the molecule is Cc1ccc(C(C)(C)C[C@@H](C)NCc2ccc3c(c2)OCO3)o1. The van der Waals surface area contributed by atoms with Gasteiger partial charge in [-0.25, -0.2) is 0 Å². The highest BCUT2D eigenvalue weighted by molar-refractivity contribution is 5.44. The van der Waals surface area contributed by atoms with Gasteiger partial charge in [0, 0.05) is 18.0 Å². The molecule has 0 saturated carbocycles. The summed E-state index contributed by atoms with van der Waals surface area (Å²) < 4.78 is 16.6. The molecule has 1 aromatic carbocycles. The molecule has 1 aliphatic heterocycles. The molecule has 0 fully saturated rings. The summed E-state index contributed by atoms with van der Waals surface area (Å²) >= 11 is 0. The van der Waals surface area contributed by atoms with E-state index in [0.717, 1.165) is 36.0 Å². The molecule has 1 aliphatic rings. The van der Waals surface area contributed by atoms with Gasteiger partial charge in [-0.3, -0.25) is 0 Å². The maximum atomic E-state index is 5.80. The Morgan fingerprint density at radius 3 is 2.65 bits per heavy atom. The predicted molar refractivity (Wildman–Crippen MR) is 90.0 cm³/mol. The maximum absolute atomic E-state index is 5.80. The fourth-order valence-corrected chi connectivity index (χ4v) is 3.08. The van der Waals surface area contributed by atoms with E-state index in [1.54, 1.807) is 0 Å². The van der Waals surface area contributed by atoms with E-state index in [2.05, 4.69) is 38.2 Å². The lowest BCUT2D eigenvalue weighted by atomic mass is 9.83. The minimum absolute atomic E-state index is 0.00949. The van der Waals surface area contributed by atoms with Gasteiger partial charge >= 0.3 is 0 Å². The monoisotopic (exact) mass is 315 g/mol. The largest absolute Gasteiger partial charge is 0.466 e. The molecule has 23 heavy (non-hydrogen) atoms. The summed E-state index contributed by atoms with van der Waals surface area (Å²) in [5, 5.41) is 3.58. The van der Waals surface area contributed by atoms with Crippen LogP contribution < -0.4 is 14.8 Å². The number of benzene rings is 1. The third-order valence-corrected chi connectivity index (χ3v) is 4.32. The van der Waals surface area contributed by atoms with Crippen LogP contribution in [0.3, 0.4) is 0 Å². The summed E-state index contributed by atoms with van der Waals surface area (Å²) in [7, 11) is 0. The summed E-state index contributed by atoms with van der Waals surface area (Å²) in [6.07, 6.45) is 1.00. The standard InChI is InChI=1S/C19H25NO3/c1-13(10-19(3,4)18-8-5-14(2)23-18)20-11-15-6-7-16-17(9-15)22-12-21-16/h5-9,13,20H,10-12H2,1-4H3/t13-/m1/s1. The van der Waals surface area contributed by atoms with Crippen molar-refractivity contribution in [2.75, 3.05) is 6.79 Å². The van der Waals surface area contributed by atoms with Crippen LogP contribution >= 0.6 is 0 Å². The zero-order valence-electron chi connectivity index (χ0n) is 14.3. The zero-order chi connectivity index (χ0) is 16.4. The lowest BCUT2D eigenvalue weighted by molar-refractivity contribution is 0.174. The van der Waals surface area contributed by atoms with Crippen LogP contribution in [0.4, 0.5) is 0 Å². The van der Waals surface area contributed by atoms with Crippen LogP contribution in [0, 0.1) is 6.92 Å². The number of hydrogen-bond donors (Lipinski definition) is 1. The van der Waals surface area contributed by atoms with Crippen LogP contribution in [0.5, 0.6) is 11.5 Å². The van der Waals surface area contributed by atoms with Crippen molar-refractivity contribution in [3.05, 3.63) is 47.4 Å². The fraction of sp³-hybridized carbons (Fsp3) is 0.474. The Labute approximate surface area is 137 Å². The summed E-state index contributed by atoms with van der Waals surface area (Å²) in [5.74, 6) is 3.68. The molecule has 0 saturated heterocycles. The Balaban J connectivity index is 1.56. The first kappa shape index (κ1) is 15.9. The van der Waals surface area contributed by atoms with Gasteiger partial charge in [0.1, 0.15) is 11.5 Å². The molecule has 0 amide bonds. The van der Waals surface area contributed by atoms with Gasteiger partial charge in [-0.05, 0) is 50.1 Å². The van der Waals surface area contributed by atoms with Crippen LogP contribution in [0.15, 0.2) is 34.7 Å². The maximum Gasteiger partial charge on any atom is 0.231 e. The molecule has 4 heteroatoms. The highest BCUT2D eigenvalue weighted by Gasteiger charge is 2.26. The van der Waals surface area contributed by atoms with E-state index in [1.807, 2.05) is 25.1 Å². The molecule has 2 heterocycles. The third kappa shape index (κ3) is 3.70. The number of nitrogens with one attached hydrogen (secondary N) is 1. The van der Waals surface area contributed by atoms with Crippen molar-refractivity contribution < 1.29 is 13.9 Å². The van der Waals surface area contributed by atoms with Crippen molar-refractivity contribution in [2.24, 2.45) is 0 Å². The second-order valence-electron chi connectivity index (χ2n) is 6.97. The van der Waals surface area contributed by atoms with Crippen LogP contribution in [-0.4, -0.2) is 12.8 Å². The first-order valence-electron chi connectivity index (χ1n) is 8.13. The average Bonchev–Trinajstić information content (AvgIpc) is 3.13. The molecular formula is C19H25NO3. The van der Waals surface area contributed by atoms with Gasteiger partial charge < -0.3 is 19.2 Å². The Morgan fingerprint density at radius 2 is 1.91 bits per heavy atom. The van der Waals surface area contributed by atoms with Crippen molar-refractivity contribution in [2.45, 2.75) is 52.1 Å². The lowest BCUT2D eigenvalue weighted by Gasteiger charge is -2.26. The van der Waals surface area contributed by atoms with E-state index < -0.39 is 0 Å². The van der Waals surface area contributed by atoms with Crippen molar-refractivity contribution in [1.29, 1.82) is 0 Å². The molecule has 1 atom stereocenters. The minimum atomic E-state index is 0.00949. The molecular weight excluding hydrogens is 290 g/mol. The first-order valence-corrected chi connectivity index (χ1v) is 8.13. The first-order chi connectivity index (χ1) is 10.9. The number of aryl methyl sites for hydroxylation is 1. The molecule has 124 valence electrons. The van der Waals surface area contributed by atoms with Gasteiger partial charge in [0.05, 0.1) is 0 Å². The molecule has 0 spiro atoms. The molecule has 1 N–H and O–H groups in total. The van der Waals surface area contributed by atoms with Crippen LogP contribution in [0.25, 0.3) is 0 Å². The lowest BCUT2D eigenvalue weighted by Crippen LogP contribution is -2.32. The van der Waals surface area contributed by atoms with E-state index >= 15 is 0 Å². The zero-order valence-corrected chi connectivity index (χ0v) is 14.3. The summed E-state index contributed by atoms with van der Waals surface area (Å²) in [6, 6.07) is 10.6. The highest BCUT2D eigenvalue weighted by atomic mass is 16.7. The Hall–Kier alpha value is -1.94. The van der Waals surface area contributed by atoms with Crippen molar-refractivity contribution in [3.63, 3.8) is 0 Å². The minimum Gasteiger partial charge on any atom is -0.466 e. The fourth-order valence-electron chi connectivity index (χ4n) is 3.08. The van der Waals surface area contributed by atoms with Gasteiger partial charge in [0.2, 0.25) is 6.79 Å². The molecule has 0 bridgehead atoms. The molecule has 0 radical (unpaired) electrons. The summed E-state index contributed by atoms with van der Waals surface area (Å²) in [5.41, 5.74) is 1.21. The normalized spacial score (nSPS) is 15.0. The van der Waals surface area contributed by atoms with Crippen molar-refractivity contribution >= 4 is 0 Å². The van der Waals surface area contributed by atoms with Gasteiger partial charge in [-0.1, -0.05) is 19.9 Å². The Morgan fingerprint density at radius 1 is 1.13 bits per heavy atom. The van der Waals surface area contributed by atoms with E-state index in [9.17, 15) is 0 Å². The van der Waals surface area contributed by atoms with Crippen LogP contribution in [-0.2, 0) is 12.0 Å². The molecule has 3 rings (SSSR count). The predicted octanol–water partition coefficient (Wildman–Crippen LogP) is 4.16. The van der Waals surface area contributed by atoms with Gasteiger partial charge in [-0.2, -0.15) is 0 Å². The number of fused-ring (bicyclic) bond motifs is 1. The Kier molecular flexibility index (Phi) is 4.35. The van der Waals surface area contributed by atoms with E-state index in [1.165, 1.54) is 5.56 Å². The van der Waals surface area contributed by atoms with Crippen LogP contribution in [0.1, 0.15) is 44.3 Å². The quantitative estimate of drug-likeness (QED) is 0.869. The topological polar surface area (TPSA) is 43.6 Å². The van der Waals surface area contributed by atoms with Crippen molar-refractivity contribution in [3.8, 4) is 11.5 Å². The molecule has 4 nitrogen and oxygen atoms in total. The number of furan rings is 1. The van der Waals surface area contributed by atoms with Crippen molar-refractivity contribution in [1.82, 2.24) is 5.32 Å². The highest BCUT2D eigenvalue weighted by Crippen LogP contribution is 2.33. The number of hydrogen-bond acceptors (Lipinski definition) is 4. The summed E-state index contributed by atoms with van der Waals surface area (Å²) in [6.45, 7) is 9.78. The van der Waals surface area contributed by atoms with E-state index in [-0.39, 0.29) is 5.41 Å². The second kappa shape index (κ2) is 6.28. The summed E-state index contributed by atoms with van der Waals surface area (Å²) in [4.78, 5) is 0. The molecule has 0 aliphatic carbocycles. The Bertz CT molecular complexity index is 675. The van der Waals surface area contributed by atoms with Gasteiger partial charge in [0.25, 0.3) is 0 Å². The number of rotatable bonds is 6. The third-order valence-electron chi connectivity index (χ3n) is 4.32. The van der Waals surface area contributed by atoms with Crippen LogP contribution in [0.2, 0.25) is 0 Å². The van der Waals surface area contributed by atoms with E-state index in [0.29, 0.717) is 12.8 Å². The number of ether oxygens (including phenoxy) is 2. The van der Waals surface area contributed by atoms with Gasteiger partial charge in [0.15, 0.2) is 11.5 Å². The average molecular weight is 315 g/mol. The molecule has 1 aromatic heterocycles. The van der Waals surface area contributed by atoms with Gasteiger partial charge in [-0.15, -0.1) is 0 Å². The second-order valence-corrected chi connectivity index (χ2v) is 6.97.